The average molecular weight is 323 g/mol. The van der Waals surface area contributed by atoms with E-state index < -0.39 is 0 Å². The Labute approximate surface area is 140 Å². The highest BCUT2D eigenvalue weighted by molar-refractivity contribution is 6.05. The average Bonchev–Trinajstić information content (AvgIpc) is 3.09. The molecule has 24 heavy (non-hydrogen) atoms. The number of nitrogens with zero attached hydrogens (tertiary/aromatic N) is 4. The molecule has 1 aliphatic rings. The lowest BCUT2D eigenvalue weighted by Gasteiger charge is -2.34. The van der Waals surface area contributed by atoms with Gasteiger partial charge < -0.3 is 4.90 Å². The predicted octanol–water partition coefficient (Wildman–Crippen LogP) is 2.87. The highest BCUT2D eigenvalue weighted by Gasteiger charge is 2.28. The third-order valence-electron chi connectivity index (χ3n) is 4.86. The van der Waals surface area contributed by atoms with Crippen molar-refractivity contribution in [2.75, 3.05) is 13.1 Å². The van der Waals surface area contributed by atoms with Gasteiger partial charge in [0, 0.05) is 59.2 Å². The monoisotopic (exact) mass is 323 g/mol. The third kappa shape index (κ3) is 2.42. The highest BCUT2D eigenvalue weighted by atomic mass is 16.2. The number of aromatic amines is 1. The van der Waals surface area contributed by atoms with Gasteiger partial charge in [0.25, 0.3) is 0 Å². The van der Waals surface area contributed by atoms with Crippen LogP contribution in [0.5, 0.6) is 0 Å². The van der Waals surface area contributed by atoms with Crippen molar-refractivity contribution in [3.8, 4) is 0 Å². The molecule has 0 aromatic carbocycles. The summed E-state index contributed by atoms with van der Waals surface area (Å²) in [6.07, 6.45) is 7.49. The van der Waals surface area contributed by atoms with Crippen LogP contribution in [0.3, 0.4) is 0 Å². The smallest absolute Gasteiger partial charge is 0.225 e. The Morgan fingerprint density at radius 2 is 2.21 bits per heavy atom. The Balaban J connectivity index is 1.78. The maximum absolute atomic E-state index is 12.4. The molecule has 4 rings (SSSR count). The van der Waals surface area contributed by atoms with Crippen LogP contribution >= 0.6 is 0 Å². The molecule has 0 aliphatic carbocycles. The van der Waals surface area contributed by atoms with Gasteiger partial charge in [0.1, 0.15) is 0 Å². The summed E-state index contributed by atoms with van der Waals surface area (Å²) in [4.78, 5) is 23.1. The van der Waals surface area contributed by atoms with E-state index in [1.165, 1.54) is 0 Å². The van der Waals surface area contributed by atoms with Crippen LogP contribution < -0.4 is 0 Å². The lowest BCUT2D eigenvalue weighted by atomic mass is 9.91. The zero-order valence-corrected chi connectivity index (χ0v) is 14.0. The van der Waals surface area contributed by atoms with Crippen LogP contribution in [0.4, 0.5) is 0 Å². The topological polar surface area (TPSA) is 74.8 Å². The normalized spacial score (nSPS) is 18.6. The van der Waals surface area contributed by atoms with Gasteiger partial charge >= 0.3 is 0 Å². The number of carbonyl (C=O) groups is 1. The number of pyridine rings is 1. The molecule has 124 valence electrons. The second-order valence-electron chi connectivity index (χ2n) is 6.83. The van der Waals surface area contributed by atoms with Crippen molar-refractivity contribution in [2.24, 2.45) is 5.92 Å². The Morgan fingerprint density at radius 3 is 3.04 bits per heavy atom. The van der Waals surface area contributed by atoms with Gasteiger partial charge in [0.05, 0.1) is 6.20 Å². The van der Waals surface area contributed by atoms with Crippen LogP contribution in [0.2, 0.25) is 0 Å². The zero-order valence-electron chi connectivity index (χ0n) is 14.0. The molecule has 0 spiro atoms. The van der Waals surface area contributed by atoms with Gasteiger partial charge in [0.15, 0.2) is 5.65 Å². The molecule has 6 heteroatoms. The lowest BCUT2D eigenvalue weighted by molar-refractivity contribution is -0.135. The van der Waals surface area contributed by atoms with Crippen molar-refractivity contribution < 1.29 is 4.79 Å². The van der Waals surface area contributed by atoms with Gasteiger partial charge in [-0.1, -0.05) is 13.8 Å². The fourth-order valence-electron chi connectivity index (χ4n) is 3.67. The molecule has 1 unspecified atom stereocenters. The number of rotatable bonds is 2. The van der Waals surface area contributed by atoms with Gasteiger partial charge in [0.2, 0.25) is 5.91 Å². The predicted molar refractivity (Wildman–Crippen MR) is 92.6 cm³/mol. The van der Waals surface area contributed by atoms with Crippen LogP contribution in [-0.2, 0) is 4.79 Å². The molecule has 1 aliphatic heterocycles. The van der Waals surface area contributed by atoms with Crippen LogP contribution in [0.15, 0.2) is 24.7 Å². The van der Waals surface area contributed by atoms with Crippen molar-refractivity contribution in [3.05, 3.63) is 30.4 Å². The molecule has 0 saturated carbocycles. The summed E-state index contributed by atoms with van der Waals surface area (Å²) < 4.78 is 0. The van der Waals surface area contributed by atoms with Crippen molar-refractivity contribution >= 4 is 27.7 Å². The number of H-pyrrole nitrogens is 1. The van der Waals surface area contributed by atoms with Crippen LogP contribution in [-0.4, -0.2) is 44.1 Å². The minimum Gasteiger partial charge on any atom is -0.342 e. The molecule has 1 saturated heterocycles. The van der Waals surface area contributed by atoms with Crippen molar-refractivity contribution in [2.45, 2.75) is 32.6 Å². The molecule has 1 N–H and O–H groups in total. The van der Waals surface area contributed by atoms with Crippen molar-refractivity contribution in [3.63, 3.8) is 0 Å². The molecule has 3 aromatic rings. The molecule has 0 bridgehead atoms. The van der Waals surface area contributed by atoms with E-state index in [0.717, 1.165) is 53.4 Å². The zero-order chi connectivity index (χ0) is 16.7. The first-order chi connectivity index (χ1) is 11.6. The van der Waals surface area contributed by atoms with E-state index >= 15 is 0 Å². The summed E-state index contributed by atoms with van der Waals surface area (Å²) in [5.74, 6) is 0.529. The van der Waals surface area contributed by atoms with Crippen LogP contribution in [0.25, 0.3) is 21.8 Å². The third-order valence-corrected chi connectivity index (χ3v) is 4.86. The first-order valence-corrected chi connectivity index (χ1v) is 8.50. The molecule has 1 fully saturated rings. The molecule has 0 radical (unpaired) electrons. The second-order valence-corrected chi connectivity index (χ2v) is 6.83. The Hall–Kier alpha value is -2.50. The number of piperidine rings is 1. The Morgan fingerprint density at radius 1 is 1.33 bits per heavy atom. The van der Waals surface area contributed by atoms with E-state index in [1.54, 1.807) is 12.4 Å². The first kappa shape index (κ1) is 15.1. The molecular weight excluding hydrogens is 302 g/mol. The quantitative estimate of drug-likeness (QED) is 0.787. The molecule has 6 nitrogen and oxygen atoms in total. The molecule has 1 amide bonds. The fourth-order valence-corrected chi connectivity index (χ4v) is 3.67. The number of carbonyl (C=O) groups excluding carboxylic acids is 1. The molecular formula is C18H21N5O. The Kier molecular flexibility index (Phi) is 3.67. The fraction of sp³-hybridized carbons (Fsp3) is 0.444. The number of hydrogen-bond acceptors (Lipinski definition) is 4. The van der Waals surface area contributed by atoms with E-state index in [2.05, 4.69) is 20.2 Å². The van der Waals surface area contributed by atoms with E-state index in [-0.39, 0.29) is 17.7 Å². The van der Waals surface area contributed by atoms with Crippen molar-refractivity contribution in [1.29, 1.82) is 0 Å². The van der Waals surface area contributed by atoms with Gasteiger partial charge in [-0.25, -0.2) is 9.97 Å². The van der Waals surface area contributed by atoms with Crippen LogP contribution in [0, 0.1) is 5.92 Å². The van der Waals surface area contributed by atoms with Gasteiger partial charge in [-0.15, -0.1) is 0 Å². The highest BCUT2D eigenvalue weighted by Crippen LogP contribution is 2.33. The van der Waals surface area contributed by atoms with Gasteiger partial charge in [-0.3, -0.25) is 9.89 Å². The summed E-state index contributed by atoms with van der Waals surface area (Å²) in [7, 11) is 0. The molecule has 4 heterocycles. The summed E-state index contributed by atoms with van der Waals surface area (Å²) in [5.41, 5.74) is 1.85. The van der Waals surface area contributed by atoms with E-state index in [0.29, 0.717) is 0 Å². The maximum atomic E-state index is 12.4. The molecule has 1 atom stereocenters. The number of fused-ring (bicyclic) bond motifs is 3. The number of amides is 1. The standard InChI is InChI=1S/C18H21N5O/c1-11(2)18(24)23-7-3-4-12(10-23)16-15-13(9-21-22-16)8-20-17-14(15)5-6-19-17/h5-6,8-9,11-12,22H,3-4,7,10H2,1-2H3. The van der Waals surface area contributed by atoms with E-state index in [1.807, 2.05) is 31.0 Å². The maximum Gasteiger partial charge on any atom is 0.225 e. The number of likely N-dealkylation sites (tertiary alicyclic amines) is 1. The number of nitrogens with one attached hydrogen (secondary N) is 1. The van der Waals surface area contributed by atoms with Crippen LogP contribution in [0.1, 0.15) is 38.3 Å². The number of aromatic nitrogens is 4. The van der Waals surface area contributed by atoms with E-state index in [9.17, 15) is 4.79 Å². The number of hydrogen-bond donors (Lipinski definition) is 1. The molecule has 3 aromatic heterocycles. The van der Waals surface area contributed by atoms with Gasteiger partial charge in [-0.05, 0) is 18.9 Å². The minimum atomic E-state index is 0.0357. The summed E-state index contributed by atoms with van der Waals surface area (Å²) in [6, 6.07) is 2.00. The van der Waals surface area contributed by atoms with E-state index in [4.69, 9.17) is 0 Å². The second kappa shape index (κ2) is 5.85. The SMILES string of the molecule is CC(C)C(=O)N1CCCC(c2[nH]ncc3cnc4nccc4c23)C1. The summed E-state index contributed by atoms with van der Waals surface area (Å²) in [6.45, 7) is 5.51. The van der Waals surface area contributed by atoms with Crippen molar-refractivity contribution in [1.82, 2.24) is 25.1 Å². The largest absolute Gasteiger partial charge is 0.342 e. The summed E-state index contributed by atoms with van der Waals surface area (Å²) >= 11 is 0. The summed E-state index contributed by atoms with van der Waals surface area (Å²) in [5, 5.41) is 10.7. The van der Waals surface area contributed by atoms with Gasteiger partial charge in [-0.2, -0.15) is 5.10 Å². The minimum absolute atomic E-state index is 0.0357. The Bertz CT molecular complexity index is 901. The lowest BCUT2D eigenvalue weighted by Crippen LogP contribution is -2.41. The first-order valence-electron chi connectivity index (χ1n) is 8.50.